The Hall–Kier alpha value is -2.82. The van der Waals surface area contributed by atoms with Gasteiger partial charge in [0.25, 0.3) is 0 Å². The Morgan fingerprint density at radius 1 is 0.950 bits per heavy atom. The normalized spacial score (nSPS) is 10.0. The van der Waals surface area contributed by atoms with E-state index >= 15 is 0 Å². The molecule has 2 aromatic rings. The molecule has 0 bridgehead atoms. The first kappa shape index (κ1) is 13.6. The minimum atomic E-state index is -1.12. The van der Waals surface area contributed by atoms with E-state index < -0.39 is 11.9 Å². The molecule has 0 amide bonds. The molecule has 0 saturated heterocycles. The van der Waals surface area contributed by atoms with Crippen molar-refractivity contribution in [3.8, 4) is 5.75 Å². The lowest BCUT2D eigenvalue weighted by atomic mass is 10.0. The molecule has 0 unspecified atom stereocenters. The molecular formula is C15H12O5. The number of rotatable bonds is 5. The van der Waals surface area contributed by atoms with Crippen molar-refractivity contribution in [1.29, 1.82) is 0 Å². The zero-order valence-corrected chi connectivity index (χ0v) is 10.4. The second-order valence-corrected chi connectivity index (χ2v) is 4.08. The van der Waals surface area contributed by atoms with Crippen molar-refractivity contribution in [2.45, 2.75) is 6.61 Å². The van der Waals surface area contributed by atoms with Crippen molar-refractivity contribution in [1.82, 2.24) is 0 Å². The number of para-hydroxylation sites is 1. The van der Waals surface area contributed by atoms with Crippen LogP contribution in [0.25, 0.3) is 0 Å². The standard InChI is InChI=1S/C15H12O5/c16-14(17)10-6-7-13(15(18)19)11(8-10)9-20-12-4-2-1-3-5-12/h1-8H,9H2,(H,16,17)(H,18,19). The number of ether oxygens (including phenoxy) is 1. The lowest BCUT2D eigenvalue weighted by Gasteiger charge is -2.09. The van der Waals surface area contributed by atoms with Crippen LogP contribution in [0.1, 0.15) is 26.3 Å². The van der Waals surface area contributed by atoms with E-state index in [9.17, 15) is 9.59 Å². The summed E-state index contributed by atoms with van der Waals surface area (Å²) in [5.41, 5.74) is 0.383. The largest absolute Gasteiger partial charge is 0.489 e. The van der Waals surface area contributed by atoms with Crippen molar-refractivity contribution in [2.24, 2.45) is 0 Å². The van der Waals surface area contributed by atoms with Gasteiger partial charge in [-0.25, -0.2) is 9.59 Å². The first-order valence-electron chi connectivity index (χ1n) is 5.85. The summed E-state index contributed by atoms with van der Waals surface area (Å²) in [5, 5.41) is 18.0. The quantitative estimate of drug-likeness (QED) is 0.874. The summed E-state index contributed by atoms with van der Waals surface area (Å²) in [5.74, 6) is -1.64. The fourth-order valence-corrected chi connectivity index (χ4v) is 1.73. The van der Waals surface area contributed by atoms with Crippen LogP contribution in [0.5, 0.6) is 5.75 Å². The molecule has 0 heterocycles. The molecule has 0 saturated carbocycles. The molecule has 0 spiro atoms. The van der Waals surface area contributed by atoms with E-state index in [0.717, 1.165) is 0 Å². The van der Waals surface area contributed by atoms with E-state index in [0.29, 0.717) is 11.3 Å². The predicted molar refractivity (Wildman–Crippen MR) is 71.1 cm³/mol. The van der Waals surface area contributed by atoms with E-state index in [1.807, 2.05) is 6.07 Å². The highest BCUT2D eigenvalue weighted by Gasteiger charge is 2.13. The fraction of sp³-hybridized carbons (Fsp3) is 0.0667. The third-order valence-corrected chi connectivity index (χ3v) is 2.72. The average molecular weight is 272 g/mol. The van der Waals surface area contributed by atoms with Crippen LogP contribution in [0.2, 0.25) is 0 Å². The highest BCUT2D eigenvalue weighted by atomic mass is 16.5. The van der Waals surface area contributed by atoms with Gasteiger partial charge in [0.15, 0.2) is 0 Å². The van der Waals surface area contributed by atoms with Crippen molar-refractivity contribution < 1.29 is 24.5 Å². The molecule has 0 aliphatic rings. The minimum absolute atomic E-state index is 0.00718. The minimum Gasteiger partial charge on any atom is -0.489 e. The van der Waals surface area contributed by atoms with Gasteiger partial charge >= 0.3 is 11.9 Å². The zero-order chi connectivity index (χ0) is 14.5. The predicted octanol–water partition coefficient (Wildman–Crippen LogP) is 2.66. The number of carboxylic acids is 2. The molecule has 0 aromatic heterocycles. The van der Waals surface area contributed by atoms with Gasteiger partial charge in [0.1, 0.15) is 12.4 Å². The van der Waals surface area contributed by atoms with Crippen molar-refractivity contribution in [2.75, 3.05) is 0 Å². The van der Waals surface area contributed by atoms with Crippen molar-refractivity contribution in [3.63, 3.8) is 0 Å². The highest BCUT2D eigenvalue weighted by molar-refractivity contribution is 5.93. The van der Waals surface area contributed by atoms with Gasteiger partial charge in [-0.1, -0.05) is 18.2 Å². The van der Waals surface area contributed by atoms with Crippen LogP contribution in [-0.4, -0.2) is 22.2 Å². The van der Waals surface area contributed by atoms with Gasteiger partial charge in [0.2, 0.25) is 0 Å². The average Bonchev–Trinajstić information content (AvgIpc) is 2.45. The summed E-state index contributed by atoms with van der Waals surface area (Å²) in [7, 11) is 0. The summed E-state index contributed by atoms with van der Waals surface area (Å²) in [6, 6.07) is 12.7. The van der Waals surface area contributed by atoms with Gasteiger partial charge in [0.05, 0.1) is 11.1 Å². The molecule has 0 radical (unpaired) electrons. The maximum atomic E-state index is 11.1. The van der Waals surface area contributed by atoms with Crippen LogP contribution in [0.3, 0.4) is 0 Å². The van der Waals surface area contributed by atoms with Gasteiger partial charge in [-0.3, -0.25) is 0 Å². The summed E-state index contributed by atoms with van der Waals surface area (Å²) in [6.07, 6.45) is 0. The fourth-order valence-electron chi connectivity index (χ4n) is 1.73. The van der Waals surface area contributed by atoms with Gasteiger partial charge in [-0.15, -0.1) is 0 Å². The highest BCUT2D eigenvalue weighted by Crippen LogP contribution is 2.17. The first-order chi connectivity index (χ1) is 9.58. The molecule has 2 rings (SSSR count). The Morgan fingerprint density at radius 3 is 2.25 bits per heavy atom. The van der Waals surface area contributed by atoms with E-state index in [4.69, 9.17) is 14.9 Å². The van der Waals surface area contributed by atoms with Crippen LogP contribution >= 0.6 is 0 Å². The van der Waals surface area contributed by atoms with Gasteiger partial charge in [-0.05, 0) is 30.3 Å². The summed E-state index contributed by atoms with van der Waals surface area (Å²) < 4.78 is 5.46. The zero-order valence-electron chi connectivity index (χ0n) is 10.4. The Balaban J connectivity index is 2.26. The molecule has 5 nitrogen and oxygen atoms in total. The summed E-state index contributed by atoms with van der Waals surface area (Å²) in [4.78, 5) is 22.0. The first-order valence-corrected chi connectivity index (χ1v) is 5.85. The van der Waals surface area contributed by atoms with Crippen LogP contribution in [0.4, 0.5) is 0 Å². The molecule has 2 N–H and O–H groups in total. The SMILES string of the molecule is O=C(O)c1ccc(C(=O)O)c(COc2ccccc2)c1. The van der Waals surface area contributed by atoms with Crippen LogP contribution < -0.4 is 4.74 Å². The molecule has 0 aliphatic heterocycles. The van der Waals surface area contributed by atoms with E-state index in [1.54, 1.807) is 24.3 Å². The molecule has 0 fully saturated rings. The van der Waals surface area contributed by atoms with Gasteiger partial charge in [-0.2, -0.15) is 0 Å². The van der Waals surface area contributed by atoms with Crippen LogP contribution in [0, 0.1) is 0 Å². The lowest BCUT2D eigenvalue weighted by molar-refractivity contribution is 0.0679. The maximum absolute atomic E-state index is 11.1. The smallest absolute Gasteiger partial charge is 0.336 e. The molecule has 2 aromatic carbocycles. The van der Waals surface area contributed by atoms with E-state index in [2.05, 4.69) is 0 Å². The molecule has 102 valence electrons. The van der Waals surface area contributed by atoms with Gasteiger partial charge in [0, 0.05) is 5.56 Å². The number of aromatic carboxylic acids is 2. The third kappa shape index (κ3) is 3.14. The number of hydrogen-bond acceptors (Lipinski definition) is 3. The summed E-state index contributed by atoms with van der Waals surface area (Å²) in [6.45, 7) is -0.00718. The Kier molecular flexibility index (Phi) is 4.00. The Morgan fingerprint density at radius 2 is 1.65 bits per heavy atom. The van der Waals surface area contributed by atoms with Crippen LogP contribution in [-0.2, 0) is 6.61 Å². The Labute approximate surface area is 115 Å². The molecule has 5 heteroatoms. The van der Waals surface area contributed by atoms with Crippen molar-refractivity contribution in [3.05, 3.63) is 65.2 Å². The van der Waals surface area contributed by atoms with Gasteiger partial charge < -0.3 is 14.9 Å². The maximum Gasteiger partial charge on any atom is 0.336 e. The molecule has 0 atom stereocenters. The van der Waals surface area contributed by atoms with E-state index in [-0.39, 0.29) is 17.7 Å². The lowest BCUT2D eigenvalue weighted by Crippen LogP contribution is -2.08. The second kappa shape index (κ2) is 5.88. The molecule has 20 heavy (non-hydrogen) atoms. The summed E-state index contributed by atoms with van der Waals surface area (Å²) >= 11 is 0. The number of benzene rings is 2. The van der Waals surface area contributed by atoms with Crippen LogP contribution in [0.15, 0.2) is 48.5 Å². The topological polar surface area (TPSA) is 83.8 Å². The van der Waals surface area contributed by atoms with Crippen molar-refractivity contribution >= 4 is 11.9 Å². The Bertz CT molecular complexity index is 634. The number of hydrogen-bond donors (Lipinski definition) is 2. The number of carboxylic acid groups (broad SMARTS) is 2. The van der Waals surface area contributed by atoms with E-state index in [1.165, 1.54) is 18.2 Å². The third-order valence-electron chi connectivity index (χ3n) is 2.72. The number of carbonyl (C=O) groups is 2. The molecular weight excluding hydrogens is 260 g/mol. The second-order valence-electron chi connectivity index (χ2n) is 4.08. The monoisotopic (exact) mass is 272 g/mol. The molecule has 0 aliphatic carbocycles.